The SMILES string of the molecule is CCCCC#CC(F)(F)CCc1ccccc1. The summed E-state index contributed by atoms with van der Waals surface area (Å²) in [6, 6.07) is 9.33. The van der Waals surface area contributed by atoms with Crippen LogP contribution in [0.25, 0.3) is 0 Å². The lowest BCUT2D eigenvalue weighted by atomic mass is 10.1. The molecule has 0 nitrogen and oxygen atoms in total. The number of benzene rings is 1. The topological polar surface area (TPSA) is 0 Å². The van der Waals surface area contributed by atoms with E-state index in [1.54, 1.807) is 0 Å². The molecule has 0 aliphatic rings. The highest BCUT2D eigenvalue weighted by molar-refractivity contribution is 5.17. The minimum Gasteiger partial charge on any atom is -0.192 e. The predicted molar refractivity (Wildman–Crippen MR) is 67.0 cm³/mol. The zero-order chi connectivity index (χ0) is 12.6. The molecule has 0 fully saturated rings. The fourth-order valence-corrected chi connectivity index (χ4v) is 1.47. The summed E-state index contributed by atoms with van der Waals surface area (Å²) in [6.07, 6.45) is 2.62. The van der Waals surface area contributed by atoms with Crippen molar-refractivity contribution >= 4 is 0 Å². The van der Waals surface area contributed by atoms with Crippen molar-refractivity contribution in [3.8, 4) is 11.8 Å². The minimum atomic E-state index is -2.86. The van der Waals surface area contributed by atoms with Crippen molar-refractivity contribution in [1.82, 2.24) is 0 Å². The van der Waals surface area contributed by atoms with Crippen molar-refractivity contribution in [3.63, 3.8) is 0 Å². The van der Waals surface area contributed by atoms with Crippen molar-refractivity contribution in [3.05, 3.63) is 35.9 Å². The highest BCUT2D eigenvalue weighted by atomic mass is 19.3. The molecule has 0 aromatic heterocycles. The van der Waals surface area contributed by atoms with Crippen LogP contribution in [0.4, 0.5) is 8.78 Å². The van der Waals surface area contributed by atoms with E-state index in [4.69, 9.17) is 0 Å². The predicted octanol–water partition coefficient (Wildman–Crippen LogP) is 4.45. The zero-order valence-corrected chi connectivity index (χ0v) is 10.2. The summed E-state index contributed by atoms with van der Waals surface area (Å²) < 4.78 is 26.7. The number of hydrogen-bond acceptors (Lipinski definition) is 0. The Hall–Kier alpha value is -1.36. The molecule has 1 aromatic rings. The third kappa shape index (κ3) is 6.06. The maximum atomic E-state index is 13.4. The van der Waals surface area contributed by atoms with Gasteiger partial charge in [0.05, 0.1) is 0 Å². The molecule has 1 aromatic carbocycles. The smallest absolute Gasteiger partial charge is 0.192 e. The van der Waals surface area contributed by atoms with Crippen molar-refractivity contribution in [1.29, 1.82) is 0 Å². The van der Waals surface area contributed by atoms with E-state index in [9.17, 15) is 8.78 Å². The van der Waals surface area contributed by atoms with E-state index in [1.807, 2.05) is 37.3 Å². The maximum absolute atomic E-state index is 13.4. The first kappa shape index (κ1) is 13.7. The van der Waals surface area contributed by atoms with Gasteiger partial charge in [0, 0.05) is 12.8 Å². The number of rotatable bonds is 5. The Labute approximate surface area is 102 Å². The monoisotopic (exact) mass is 236 g/mol. The lowest BCUT2D eigenvalue weighted by Crippen LogP contribution is -2.14. The molecule has 0 aliphatic carbocycles. The molecule has 0 bridgehead atoms. The molecule has 0 atom stereocenters. The van der Waals surface area contributed by atoms with Crippen molar-refractivity contribution in [2.45, 2.75) is 45.0 Å². The molecule has 1 rings (SSSR count). The van der Waals surface area contributed by atoms with Gasteiger partial charge in [-0.1, -0.05) is 49.6 Å². The molecule has 0 unspecified atom stereocenters. The van der Waals surface area contributed by atoms with Gasteiger partial charge in [0.25, 0.3) is 0 Å². The molecular formula is C15H18F2. The number of unbranched alkanes of at least 4 members (excludes halogenated alkanes) is 2. The number of halogens is 2. The largest absolute Gasteiger partial charge is 0.308 e. The van der Waals surface area contributed by atoms with Gasteiger partial charge in [-0.3, -0.25) is 0 Å². The molecule has 0 saturated heterocycles. The fourth-order valence-electron chi connectivity index (χ4n) is 1.47. The Morgan fingerprint density at radius 2 is 1.88 bits per heavy atom. The number of alkyl halides is 2. The molecule has 0 amide bonds. The third-order valence-corrected chi connectivity index (χ3v) is 2.50. The summed E-state index contributed by atoms with van der Waals surface area (Å²) in [5.41, 5.74) is 0.933. The second kappa shape index (κ2) is 7.06. The first-order chi connectivity index (χ1) is 8.14. The van der Waals surface area contributed by atoms with Crippen LogP contribution in [0.3, 0.4) is 0 Å². The fraction of sp³-hybridized carbons (Fsp3) is 0.467. The Morgan fingerprint density at radius 1 is 1.18 bits per heavy atom. The van der Waals surface area contributed by atoms with Crippen LogP contribution in [0.1, 0.15) is 38.2 Å². The van der Waals surface area contributed by atoms with Crippen LogP contribution < -0.4 is 0 Å². The van der Waals surface area contributed by atoms with Crippen molar-refractivity contribution in [2.75, 3.05) is 0 Å². The quantitative estimate of drug-likeness (QED) is 0.523. The normalized spacial score (nSPS) is 10.8. The third-order valence-electron chi connectivity index (χ3n) is 2.50. The standard InChI is InChI=1S/C15H18F2/c1-2-3-4-8-12-15(16,17)13-11-14-9-6-5-7-10-14/h5-7,9-10H,2-4,11,13H2,1H3. The van der Waals surface area contributed by atoms with Crippen LogP contribution in [-0.4, -0.2) is 5.92 Å². The van der Waals surface area contributed by atoms with Gasteiger partial charge in [0.2, 0.25) is 0 Å². The van der Waals surface area contributed by atoms with Gasteiger partial charge in [-0.15, -0.1) is 0 Å². The Morgan fingerprint density at radius 3 is 2.53 bits per heavy atom. The molecule has 0 saturated carbocycles. The van der Waals surface area contributed by atoms with E-state index >= 15 is 0 Å². The second-order valence-electron chi connectivity index (χ2n) is 4.10. The van der Waals surface area contributed by atoms with Gasteiger partial charge in [-0.25, -0.2) is 0 Å². The van der Waals surface area contributed by atoms with Crippen LogP contribution in [0, 0.1) is 11.8 Å². The lowest BCUT2D eigenvalue weighted by molar-refractivity contribution is 0.0570. The summed E-state index contributed by atoms with van der Waals surface area (Å²) in [7, 11) is 0. The summed E-state index contributed by atoms with van der Waals surface area (Å²) in [5, 5.41) is 0. The molecule has 0 heterocycles. The van der Waals surface area contributed by atoms with Gasteiger partial charge in [0.15, 0.2) is 0 Å². The summed E-state index contributed by atoms with van der Waals surface area (Å²) in [6.45, 7) is 2.02. The number of aryl methyl sites for hydroxylation is 1. The first-order valence-corrected chi connectivity index (χ1v) is 6.06. The van der Waals surface area contributed by atoms with Crippen LogP contribution >= 0.6 is 0 Å². The average molecular weight is 236 g/mol. The zero-order valence-electron chi connectivity index (χ0n) is 10.2. The van der Waals surface area contributed by atoms with Crippen LogP contribution in [0.2, 0.25) is 0 Å². The highest BCUT2D eigenvalue weighted by Gasteiger charge is 2.24. The van der Waals surface area contributed by atoms with Crippen molar-refractivity contribution in [2.24, 2.45) is 0 Å². The van der Waals surface area contributed by atoms with E-state index in [0.717, 1.165) is 18.4 Å². The number of hydrogen-bond donors (Lipinski definition) is 0. The van der Waals surface area contributed by atoms with Crippen LogP contribution in [-0.2, 0) is 6.42 Å². The molecule has 0 spiro atoms. The Kier molecular flexibility index (Phi) is 5.69. The van der Waals surface area contributed by atoms with Gasteiger partial charge >= 0.3 is 5.92 Å². The summed E-state index contributed by atoms with van der Waals surface area (Å²) in [5.74, 6) is 1.79. The minimum absolute atomic E-state index is 0.198. The average Bonchev–Trinajstić information content (AvgIpc) is 2.34. The molecule has 17 heavy (non-hydrogen) atoms. The first-order valence-electron chi connectivity index (χ1n) is 6.06. The van der Waals surface area contributed by atoms with Gasteiger partial charge in [-0.2, -0.15) is 8.78 Å². The Balaban J connectivity index is 2.40. The summed E-state index contributed by atoms with van der Waals surface area (Å²) in [4.78, 5) is 0. The molecular weight excluding hydrogens is 218 g/mol. The highest BCUT2D eigenvalue weighted by Crippen LogP contribution is 2.20. The second-order valence-corrected chi connectivity index (χ2v) is 4.10. The molecule has 0 aliphatic heterocycles. The lowest BCUT2D eigenvalue weighted by Gasteiger charge is -2.08. The molecule has 92 valence electrons. The van der Waals surface area contributed by atoms with E-state index in [1.165, 1.54) is 0 Å². The van der Waals surface area contributed by atoms with Crippen LogP contribution in [0.15, 0.2) is 30.3 Å². The molecule has 0 N–H and O–H groups in total. The van der Waals surface area contributed by atoms with Crippen molar-refractivity contribution < 1.29 is 8.78 Å². The van der Waals surface area contributed by atoms with Crippen LogP contribution in [0.5, 0.6) is 0 Å². The van der Waals surface area contributed by atoms with E-state index in [2.05, 4.69) is 11.8 Å². The van der Waals surface area contributed by atoms with Gasteiger partial charge in [-0.05, 0) is 24.3 Å². The van der Waals surface area contributed by atoms with Gasteiger partial charge in [0.1, 0.15) is 0 Å². The molecule has 0 radical (unpaired) electrons. The van der Waals surface area contributed by atoms with E-state index in [0.29, 0.717) is 12.8 Å². The van der Waals surface area contributed by atoms with E-state index in [-0.39, 0.29) is 6.42 Å². The molecule has 2 heteroatoms. The maximum Gasteiger partial charge on any atom is 0.308 e. The van der Waals surface area contributed by atoms with Gasteiger partial charge < -0.3 is 0 Å². The van der Waals surface area contributed by atoms with E-state index < -0.39 is 5.92 Å². The summed E-state index contributed by atoms with van der Waals surface area (Å²) >= 11 is 0. The Bertz CT molecular complexity index is 371.